The maximum Gasteiger partial charge on any atom is 0.225 e. The van der Waals surface area contributed by atoms with Crippen LogP contribution in [0.15, 0.2) is 24.5 Å². The van der Waals surface area contributed by atoms with E-state index >= 15 is 0 Å². The summed E-state index contributed by atoms with van der Waals surface area (Å²) in [6, 6.07) is 3.50. The van der Waals surface area contributed by atoms with E-state index in [2.05, 4.69) is 19.9 Å². The van der Waals surface area contributed by atoms with Crippen LogP contribution in [0.25, 0.3) is 0 Å². The van der Waals surface area contributed by atoms with Crippen molar-refractivity contribution < 1.29 is 9.53 Å². The lowest BCUT2D eigenvalue weighted by atomic mass is 9.92. The van der Waals surface area contributed by atoms with Gasteiger partial charge in [0.1, 0.15) is 0 Å². The standard InChI is InChI=1S/C19H23ClN4O2/c1-14-16(13-25)4-5-18(23-14)26-10-2-3-15-6-8-24(9-7-15)19-21-11-17(20)12-22-19/h4-5,11-13,15H,2-3,6-10H2,1H3. The smallest absolute Gasteiger partial charge is 0.225 e. The molecular formula is C19H23ClN4O2. The maximum atomic E-state index is 10.8. The van der Waals surface area contributed by atoms with Gasteiger partial charge in [-0.2, -0.15) is 0 Å². The molecule has 1 aliphatic heterocycles. The highest BCUT2D eigenvalue weighted by Crippen LogP contribution is 2.24. The number of anilines is 1. The second kappa shape index (κ2) is 8.94. The molecule has 0 bridgehead atoms. The third-order valence-corrected chi connectivity index (χ3v) is 4.93. The number of carbonyl (C=O) groups is 1. The number of pyridine rings is 1. The molecule has 0 atom stereocenters. The lowest BCUT2D eigenvalue weighted by molar-refractivity contribution is 0.112. The number of aldehydes is 1. The number of ether oxygens (including phenoxy) is 1. The zero-order valence-corrected chi connectivity index (χ0v) is 15.7. The van der Waals surface area contributed by atoms with Crippen LogP contribution in [0.3, 0.4) is 0 Å². The first-order chi connectivity index (χ1) is 12.7. The van der Waals surface area contributed by atoms with Crippen LogP contribution < -0.4 is 9.64 Å². The van der Waals surface area contributed by atoms with Gasteiger partial charge in [0.05, 0.1) is 29.7 Å². The minimum atomic E-state index is 0.564. The Bertz CT molecular complexity index is 731. The van der Waals surface area contributed by atoms with Crippen LogP contribution in [-0.4, -0.2) is 40.9 Å². The van der Waals surface area contributed by atoms with Crippen LogP contribution in [0.4, 0.5) is 5.95 Å². The summed E-state index contributed by atoms with van der Waals surface area (Å²) in [6.45, 7) is 4.41. The Labute approximate surface area is 158 Å². The maximum absolute atomic E-state index is 10.8. The lowest BCUT2D eigenvalue weighted by Gasteiger charge is -2.31. The van der Waals surface area contributed by atoms with Gasteiger partial charge in [0.25, 0.3) is 0 Å². The molecule has 7 heteroatoms. The monoisotopic (exact) mass is 374 g/mol. The van der Waals surface area contributed by atoms with Crippen LogP contribution in [-0.2, 0) is 0 Å². The molecule has 0 N–H and O–H groups in total. The van der Waals surface area contributed by atoms with Gasteiger partial charge in [-0.3, -0.25) is 4.79 Å². The molecule has 2 aromatic rings. The zero-order valence-electron chi connectivity index (χ0n) is 14.9. The molecule has 1 fully saturated rings. The number of hydrogen-bond acceptors (Lipinski definition) is 6. The molecule has 0 unspecified atom stereocenters. The van der Waals surface area contributed by atoms with Crippen LogP contribution >= 0.6 is 11.6 Å². The van der Waals surface area contributed by atoms with Gasteiger partial charge in [-0.15, -0.1) is 0 Å². The fourth-order valence-corrected chi connectivity index (χ4v) is 3.29. The van der Waals surface area contributed by atoms with Crippen LogP contribution in [0, 0.1) is 12.8 Å². The summed E-state index contributed by atoms with van der Waals surface area (Å²) >= 11 is 5.84. The summed E-state index contributed by atoms with van der Waals surface area (Å²) in [6.07, 6.45) is 8.51. The van der Waals surface area contributed by atoms with E-state index in [4.69, 9.17) is 16.3 Å². The van der Waals surface area contributed by atoms with Crippen molar-refractivity contribution in [1.82, 2.24) is 15.0 Å². The number of aryl methyl sites for hydroxylation is 1. The average Bonchev–Trinajstić information content (AvgIpc) is 2.66. The molecule has 0 aliphatic carbocycles. The molecule has 2 aromatic heterocycles. The second-order valence-electron chi connectivity index (χ2n) is 6.56. The molecule has 0 aromatic carbocycles. The van der Waals surface area contributed by atoms with E-state index in [1.54, 1.807) is 24.5 Å². The summed E-state index contributed by atoms with van der Waals surface area (Å²) in [5.41, 5.74) is 1.31. The quantitative estimate of drug-likeness (QED) is 0.543. The molecule has 138 valence electrons. The van der Waals surface area contributed by atoms with Crippen LogP contribution in [0.1, 0.15) is 41.7 Å². The van der Waals surface area contributed by atoms with Gasteiger partial charge >= 0.3 is 0 Å². The van der Waals surface area contributed by atoms with Gasteiger partial charge in [-0.05, 0) is 44.6 Å². The number of rotatable bonds is 7. The van der Waals surface area contributed by atoms with E-state index in [-0.39, 0.29) is 0 Å². The van der Waals surface area contributed by atoms with Crippen molar-refractivity contribution in [2.24, 2.45) is 5.92 Å². The number of nitrogens with zero attached hydrogens (tertiary/aromatic N) is 4. The topological polar surface area (TPSA) is 68.2 Å². The van der Waals surface area contributed by atoms with Gasteiger partial charge < -0.3 is 9.64 Å². The van der Waals surface area contributed by atoms with Crippen LogP contribution in [0.2, 0.25) is 5.02 Å². The highest BCUT2D eigenvalue weighted by molar-refractivity contribution is 6.30. The van der Waals surface area contributed by atoms with Crippen molar-refractivity contribution in [2.45, 2.75) is 32.6 Å². The van der Waals surface area contributed by atoms with Crippen molar-refractivity contribution in [3.63, 3.8) is 0 Å². The normalized spacial score (nSPS) is 15.1. The molecule has 6 nitrogen and oxygen atoms in total. The Morgan fingerprint density at radius 2 is 2.00 bits per heavy atom. The fraction of sp³-hybridized carbons (Fsp3) is 0.474. The number of hydrogen-bond donors (Lipinski definition) is 0. The summed E-state index contributed by atoms with van der Waals surface area (Å²) in [7, 11) is 0. The number of carbonyl (C=O) groups excluding carboxylic acids is 1. The molecule has 26 heavy (non-hydrogen) atoms. The molecule has 1 saturated heterocycles. The summed E-state index contributed by atoms with van der Waals surface area (Å²) in [5, 5.41) is 0.564. The molecule has 1 aliphatic rings. The van der Waals surface area contributed by atoms with Crippen molar-refractivity contribution in [3.8, 4) is 5.88 Å². The van der Waals surface area contributed by atoms with Gasteiger partial charge in [-0.1, -0.05) is 11.6 Å². The minimum absolute atomic E-state index is 0.564. The zero-order chi connectivity index (χ0) is 18.4. The number of aromatic nitrogens is 3. The minimum Gasteiger partial charge on any atom is -0.478 e. The second-order valence-corrected chi connectivity index (χ2v) is 7.00. The van der Waals surface area contributed by atoms with Gasteiger partial charge in [0.2, 0.25) is 11.8 Å². The summed E-state index contributed by atoms with van der Waals surface area (Å²) < 4.78 is 5.71. The molecule has 3 heterocycles. The van der Waals surface area contributed by atoms with E-state index in [9.17, 15) is 4.79 Å². The van der Waals surface area contributed by atoms with Crippen molar-refractivity contribution >= 4 is 23.8 Å². The molecule has 3 rings (SSSR count). The first kappa shape index (κ1) is 18.6. The van der Waals surface area contributed by atoms with Crippen molar-refractivity contribution in [3.05, 3.63) is 40.8 Å². The molecule has 0 radical (unpaired) electrons. The number of piperidine rings is 1. The van der Waals surface area contributed by atoms with Crippen molar-refractivity contribution in [1.29, 1.82) is 0 Å². The lowest BCUT2D eigenvalue weighted by Crippen LogP contribution is -2.34. The summed E-state index contributed by atoms with van der Waals surface area (Å²) in [4.78, 5) is 25.9. The number of halogens is 1. The van der Waals surface area contributed by atoms with Crippen LogP contribution in [0.5, 0.6) is 5.88 Å². The molecule has 0 spiro atoms. The van der Waals surface area contributed by atoms with Gasteiger partial charge in [0, 0.05) is 24.7 Å². The Kier molecular flexibility index (Phi) is 6.39. The largest absolute Gasteiger partial charge is 0.478 e. The molecule has 0 saturated carbocycles. The van der Waals surface area contributed by atoms with E-state index in [1.807, 2.05) is 6.92 Å². The molecular weight excluding hydrogens is 352 g/mol. The SMILES string of the molecule is Cc1nc(OCCCC2CCN(c3ncc(Cl)cn3)CC2)ccc1C=O. The Balaban J connectivity index is 1.37. The summed E-state index contributed by atoms with van der Waals surface area (Å²) in [5.74, 6) is 2.05. The Morgan fingerprint density at radius 1 is 1.27 bits per heavy atom. The van der Waals surface area contributed by atoms with E-state index in [1.165, 1.54) is 0 Å². The van der Waals surface area contributed by atoms with Crippen molar-refractivity contribution in [2.75, 3.05) is 24.6 Å². The van der Waals surface area contributed by atoms with E-state index in [0.717, 1.165) is 51.0 Å². The predicted octanol–water partition coefficient (Wildman–Crippen LogP) is 3.72. The van der Waals surface area contributed by atoms with Gasteiger partial charge in [-0.25, -0.2) is 15.0 Å². The van der Waals surface area contributed by atoms with E-state index < -0.39 is 0 Å². The molecule has 0 amide bonds. The third-order valence-electron chi connectivity index (χ3n) is 4.74. The first-order valence-corrected chi connectivity index (χ1v) is 9.31. The highest BCUT2D eigenvalue weighted by atomic mass is 35.5. The third kappa shape index (κ3) is 4.91. The van der Waals surface area contributed by atoms with E-state index in [0.29, 0.717) is 34.7 Å². The first-order valence-electron chi connectivity index (χ1n) is 8.94. The average molecular weight is 375 g/mol. The Morgan fingerprint density at radius 3 is 2.65 bits per heavy atom. The highest BCUT2D eigenvalue weighted by Gasteiger charge is 2.20. The predicted molar refractivity (Wildman–Crippen MR) is 101 cm³/mol. The Hall–Kier alpha value is -2.21. The fourth-order valence-electron chi connectivity index (χ4n) is 3.19. The van der Waals surface area contributed by atoms with Gasteiger partial charge in [0.15, 0.2) is 6.29 Å².